The van der Waals surface area contributed by atoms with Crippen molar-refractivity contribution in [1.29, 1.82) is 0 Å². The first-order chi connectivity index (χ1) is 15.0. The zero-order valence-electron chi connectivity index (χ0n) is 18.6. The van der Waals surface area contributed by atoms with Gasteiger partial charge in [-0.05, 0) is 51.0 Å². The van der Waals surface area contributed by atoms with Gasteiger partial charge in [0.15, 0.2) is 5.96 Å². The summed E-state index contributed by atoms with van der Waals surface area (Å²) in [5, 5.41) is 11.1. The molecule has 7 nitrogen and oxygen atoms in total. The lowest BCUT2D eigenvalue weighted by Crippen LogP contribution is -2.38. The number of aliphatic imine (C=N–C) groups is 1. The molecule has 0 aliphatic rings. The van der Waals surface area contributed by atoms with Gasteiger partial charge >= 0.3 is 0 Å². The van der Waals surface area contributed by atoms with Crippen LogP contribution < -0.4 is 15.4 Å². The van der Waals surface area contributed by atoms with Gasteiger partial charge in [-0.2, -0.15) is 5.10 Å². The number of benzene rings is 1. The van der Waals surface area contributed by atoms with Crippen molar-refractivity contribution in [1.82, 2.24) is 25.4 Å². The molecule has 0 aliphatic carbocycles. The Hall–Kier alpha value is -2.69. The second kappa shape index (κ2) is 13.0. The molecule has 2 heterocycles. The summed E-state index contributed by atoms with van der Waals surface area (Å²) >= 11 is 0. The molecular formula is C23H30FIN6O. The molecule has 2 aromatic heterocycles. The van der Waals surface area contributed by atoms with Crippen molar-refractivity contribution in [3.63, 3.8) is 0 Å². The van der Waals surface area contributed by atoms with E-state index in [1.54, 1.807) is 24.4 Å². The largest absolute Gasteiger partial charge is 0.439 e. The van der Waals surface area contributed by atoms with E-state index in [2.05, 4.69) is 38.7 Å². The second-order valence-corrected chi connectivity index (χ2v) is 7.19. The van der Waals surface area contributed by atoms with Crippen LogP contribution in [-0.2, 0) is 13.1 Å². The molecule has 2 N–H and O–H groups in total. The Balaban J connectivity index is 0.00000363. The molecule has 0 aliphatic heterocycles. The summed E-state index contributed by atoms with van der Waals surface area (Å²) in [6, 6.07) is 11.7. The summed E-state index contributed by atoms with van der Waals surface area (Å²) in [4.78, 5) is 8.90. The lowest BCUT2D eigenvalue weighted by Gasteiger charge is -2.12. The molecule has 0 atom stereocenters. The Morgan fingerprint density at radius 1 is 1.16 bits per heavy atom. The summed E-state index contributed by atoms with van der Waals surface area (Å²) in [5.74, 6) is 1.24. The maximum Gasteiger partial charge on any atom is 0.219 e. The fraction of sp³-hybridized carbons (Fsp3) is 0.348. The molecule has 1 aromatic carbocycles. The van der Waals surface area contributed by atoms with Gasteiger partial charge in [0.2, 0.25) is 5.88 Å². The van der Waals surface area contributed by atoms with Crippen LogP contribution in [0.5, 0.6) is 11.6 Å². The topological polar surface area (TPSA) is 76.4 Å². The SMILES string of the molecule is CCNC(=NCc1ccc(Oc2cccc(F)c2)nc1)NCCCn1nc(C)cc1C.I. The van der Waals surface area contributed by atoms with Crippen molar-refractivity contribution < 1.29 is 9.13 Å². The highest BCUT2D eigenvalue weighted by atomic mass is 127. The minimum atomic E-state index is -0.346. The highest BCUT2D eigenvalue weighted by molar-refractivity contribution is 14.0. The average molecular weight is 552 g/mol. The van der Waals surface area contributed by atoms with E-state index in [4.69, 9.17) is 4.74 Å². The molecular weight excluding hydrogens is 522 g/mol. The molecule has 0 fully saturated rings. The molecule has 0 saturated carbocycles. The molecule has 0 radical (unpaired) electrons. The van der Waals surface area contributed by atoms with Crippen LogP contribution in [0.1, 0.15) is 30.3 Å². The number of halogens is 2. The van der Waals surface area contributed by atoms with Gasteiger partial charge in [0.25, 0.3) is 0 Å². The summed E-state index contributed by atoms with van der Waals surface area (Å²) in [7, 11) is 0. The van der Waals surface area contributed by atoms with Crippen molar-refractivity contribution in [3.8, 4) is 11.6 Å². The number of nitrogens with zero attached hydrogens (tertiary/aromatic N) is 4. The summed E-state index contributed by atoms with van der Waals surface area (Å²) < 4.78 is 20.9. The van der Waals surface area contributed by atoms with Crippen LogP contribution in [0, 0.1) is 19.7 Å². The summed E-state index contributed by atoms with van der Waals surface area (Å²) in [6.07, 6.45) is 2.66. The number of hydrogen-bond donors (Lipinski definition) is 2. The highest BCUT2D eigenvalue weighted by Gasteiger charge is 2.03. The lowest BCUT2D eigenvalue weighted by atomic mass is 10.3. The van der Waals surface area contributed by atoms with Crippen LogP contribution >= 0.6 is 24.0 Å². The molecule has 32 heavy (non-hydrogen) atoms. The minimum absolute atomic E-state index is 0. The third-order valence-electron chi connectivity index (χ3n) is 4.52. The van der Waals surface area contributed by atoms with Crippen LogP contribution in [0.3, 0.4) is 0 Å². The molecule has 3 rings (SSSR count). The maximum absolute atomic E-state index is 13.3. The van der Waals surface area contributed by atoms with Crippen LogP contribution in [0.25, 0.3) is 0 Å². The number of hydrogen-bond acceptors (Lipinski definition) is 4. The molecule has 0 unspecified atom stereocenters. The molecule has 0 bridgehead atoms. The highest BCUT2D eigenvalue weighted by Crippen LogP contribution is 2.20. The van der Waals surface area contributed by atoms with Crippen molar-refractivity contribution in [3.05, 3.63) is 71.4 Å². The number of pyridine rings is 1. The van der Waals surface area contributed by atoms with Gasteiger partial charge in [0, 0.05) is 43.7 Å². The number of nitrogens with one attached hydrogen (secondary N) is 2. The first kappa shape index (κ1) is 25.6. The van der Waals surface area contributed by atoms with E-state index in [-0.39, 0.29) is 29.8 Å². The van der Waals surface area contributed by atoms with E-state index in [1.807, 2.05) is 24.6 Å². The standard InChI is InChI=1S/C23H29FN6O.HI/c1-4-25-23(26-11-6-12-30-18(3)13-17(2)29-30)28-16-19-9-10-22(27-15-19)31-21-8-5-7-20(24)14-21;/h5,7-10,13-15H,4,6,11-12,16H2,1-3H3,(H2,25,26,28);1H. The van der Waals surface area contributed by atoms with Gasteiger partial charge in [-0.25, -0.2) is 14.4 Å². The Bertz CT molecular complexity index is 1010. The van der Waals surface area contributed by atoms with Crippen molar-refractivity contribution in [2.75, 3.05) is 13.1 Å². The fourth-order valence-electron chi connectivity index (χ4n) is 3.07. The zero-order chi connectivity index (χ0) is 22.1. The Morgan fingerprint density at radius 3 is 2.66 bits per heavy atom. The zero-order valence-corrected chi connectivity index (χ0v) is 21.0. The van der Waals surface area contributed by atoms with Crippen molar-refractivity contribution >= 4 is 29.9 Å². The quantitative estimate of drug-likeness (QED) is 0.176. The third-order valence-corrected chi connectivity index (χ3v) is 4.52. The monoisotopic (exact) mass is 552 g/mol. The van der Waals surface area contributed by atoms with E-state index >= 15 is 0 Å². The van der Waals surface area contributed by atoms with Gasteiger partial charge in [-0.1, -0.05) is 12.1 Å². The van der Waals surface area contributed by atoms with Crippen LogP contribution in [-0.4, -0.2) is 33.8 Å². The molecule has 3 aromatic rings. The lowest BCUT2D eigenvalue weighted by molar-refractivity contribution is 0.457. The average Bonchev–Trinajstić information content (AvgIpc) is 3.07. The maximum atomic E-state index is 13.3. The van der Waals surface area contributed by atoms with E-state index in [9.17, 15) is 4.39 Å². The van der Waals surface area contributed by atoms with Crippen LogP contribution in [0.4, 0.5) is 4.39 Å². The second-order valence-electron chi connectivity index (χ2n) is 7.19. The van der Waals surface area contributed by atoms with Crippen LogP contribution in [0.15, 0.2) is 53.7 Å². The van der Waals surface area contributed by atoms with E-state index in [1.165, 1.54) is 17.8 Å². The Morgan fingerprint density at radius 2 is 2.00 bits per heavy atom. The molecule has 172 valence electrons. The summed E-state index contributed by atoms with van der Waals surface area (Å²) in [6.45, 7) is 9.04. The fourth-order valence-corrected chi connectivity index (χ4v) is 3.07. The molecule has 9 heteroatoms. The van der Waals surface area contributed by atoms with Gasteiger partial charge in [0.1, 0.15) is 11.6 Å². The van der Waals surface area contributed by atoms with Gasteiger partial charge in [0.05, 0.1) is 12.2 Å². The first-order valence-corrected chi connectivity index (χ1v) is 10.4. The normalized spacial score (nSPS) is 11.1. The number of aromatic nitrogens is 3. The number of rotatable bonds is 9. The van der Waals surface area contributed by atoms with Crippen LogP contribution in [0.2, 0.25) is 0 Å². The van der Waals surface area contributed by atoms with Gasteiger partial charge in [-0.3, -0.25) is 4.68 Å². The minimum Gasteiger partial charge on any atom is -0.439 e. The third kappa shape index (κ3) is 8.10. The molecule has 0 spiro atoms. The van der Waals surface area contributed by atoms with Gasteiger partial charge in [-0.15, -0.1) is 24.0 Å². The predicted molar refractivity (Wildman–Crippen MR) is 135 cm³/mol. The Kier molecular flexibility index (Phi) is 10.4. The van der Waals surface area contributed by atoms with E-state index < -0.39 is 0 Å². The first-order valence-electron chi connectivity index (χ1n) is 10.4. The molecule has 0 amide bonds. The van der Waals surface area contributed by atoms with Gasteiger partial charge < -0.3 is 15.4 Å². The van der Waals surface area contributed by atoms with Crippen molar-refractivity contribution in [2.45, 2.75) is 40.3 Å². The Labute approximate surface area is 205 Å². The summed E-state index contributed by atoms with van der Waals surface area (Å²) in [5.41, 5.74) is 3.17. The smallest absolute Gasteiger partial charge is 0.219 e. The van der Waals surface area contributed by atoms with Crippen molar-refractivity contribution in [2.24, 2.45) is 4.99 Å². The van der Waals surface area contributed by atoms with E-state index in [0.717, 1.165) is 43.3 Å². The molecule has 0 saturated heterocycles. The number of ether oxygens (including phenoxy) is 1. The predicted octanol–water partition coefficient (Wildman–Crippen LogP) is 4.59. The number of aryl methyl sites for hydroxylation is 3. The number of guanidine groups is 1. The van der Waals surface area contributed by atoms with E-state index in [0.29, 0.717) is 18.2 Å².